The number of carbonyl (C=O) groups excluding carboxylic acids is 1. The van der Waals surface area contributed by atoms with Gasteiger partial charge < -0.3 is 19.8 Å². The fourth-order valence-electron chi connectivity index (χ4n) is 1.56. The SMILES string of the molecule is CCC(COC(=O)[C@H](C)Nc1ccccc1)OP(=O)(O)O. The Balaban J connectivity index is 2.43. The zero-order valence-corrected chi connectivity index (χ0v) is 12.8. The van der Waals surface area contributed by atoms with Crippen LogP contribution in [-0.2, 0) is 18.6 Å². The van der Waals surface area contributed by atoms with Crippen LogP contribution < -0.4 is 5.32 Å². The van der Waals surface area contributed by atoms with Gasteiger partial charge >= 0.3 is 13.8 Å². The van der Waals surface area contributed by atoms with Crippen LogP contribution in [-0.4, -0.2) is 34.5 Å². The molecule has 0 aliphatic carbocycles. The van der Waals surface area contributed by atoms with Crippen molar-refractivity contribution in [3.05, 3.63) is 30.3 Å². The van der Waals surface area contributed by atoms with E-state index in [0.717, 1.165) is 5.69 Å². The van der Waals surface area contributed by atoms with Crippen LogP contribution >= 0.6 is 7.82 Å². The van der Waals surface area contributed by atoms with Gasteiger partial charge in [0.1, 0.15) is 18.8 Å². The normalized spacial score (nSPS) is 14.3. The quantitative estimate of drug-likeness (QED) is 0.497. The van der Waals surface area contributed by atoms with Crippen molar-refractivity contribution in [2.75, 3.05) is 11.9 Å². The van der Waals surface area contributed by atoms with Gasteiger partial charge in [0.05, 0.1) is 0 Å². The number of anilines is 1. The maximum absolute atomic E-state index is 11.8. The van der Waals surface area contributed by atoms with E-state index in [0.29, 0.717) is 6.42 Å². The molecular formula is C13H20NO6P. The zero-order chi connectivity index (χ0) is 15.9. The third kappa shape index (κ3) is 7.24. The van der Waals surface area contributed by atoms with Gasteiger partial charge in [0.2, 0.25) is 0 Å². The molecule has 0 fully saturated rings. The minimum atomic E-state index is -4.58. The number of phosphoric ester groups is 1. The van der Waals surface area contributed by atoms with E-state index in [1.807, 2.05) is 30.3 Å². The Kier molecular flexibility index (Phi) is 6.84. The van der Waals surface area contributed by atoms with Crippen molar-refractivity contribution in [3.63, 3.8) is 0 Å². The lowest BCUT2D eigenvalue weighted by molar-refractivity contribution is -0.147. The molecule has 0 aromatic heterocycles. The molecule has 0 bridgehead atoms. The third-order valence-electron chi connectivity index (χ3n) is 2.66. The Bertz CT molecular complexity index is 489. The van der Waals surface area contributed by atoms with Gasteiger partial charge in [-0.1, -0.05) is 25.1 Å². The second-order valence-electron chi connectivity index (χ2n) is 4.49. The highest BCUT2D eigenvalue weighted by atomic mass is 31.2. The Morgan fingerprint density at radius 2 is 1.95 bits per heavy atom. The standard InChI is InChI=1S/C13H20NO6P/c1-3-12(20-21(16,17)18)9-19-13(15)10(2)14-11-7-5-4-6-8-11/h4-8,10,12,14H,3,9H2,1-2H3,(H2,16,17,18)/t10-,12?/m0/s1. The van der Waals surface area contributed by atoms with E-state index >= 15 is 0 Å². The molecule has 0 radical (unpaired) electrons. The topological polar surface area (TPSA) is 105 Å². The molecule has 21 heavy (non-hydrogen) atoms. The van der Waals surface area contributed by atoms with Gasteiger partial charge in [-0.3, -0.25) is 4.52 Å². The van der Waals surface area contributed by atoms with Crippen LogP contribution in [0.5, 0.6) is 0 Å². The summed E-state index contributed by atoms with van der Waals surface area (Å²) in [6, 6.07) is 8.58. The van der Waals surface area contributed by atoms with Crippen molar-refractivity contribution in [2.45, 2.75) is 32.4 Å². The molecule has 118 valence electrons. The molecule has 0 aliphatic rings. The highest BCUT2D eigenvalue weighted by Crippen LogP contribution is 2.38. The van der Waals surface area contributed by atoms with E-state index in [-0.39, 0.29) is 6.61 Å². The third-order valence-corrected chi connectivity index (χ3v) is 3.24. The van der Waals surface area contributed by atoms with Crippen LogP contribution in [0.4, 0.5) is 5.69 Å². The number of benzene rings is 1. The Morgan fingerprint density at radius 3 is 2.48 bits per heavy atom. The lowest BCUT2D eigenvalue weighted by Crippen LogP contribution is -2.31. The number of hydrogen-bond donors (Lipinski definition) is 3. The Hall–Kier alpha value is -1.40. The first-order valence-corrected chi connectivity index (χ1v) is 8.07. The first kappa shape index (κ1) is 17.7. The van der Waals surface area contributed by atoms with Crippen LogP contribution in [0.2, 0.25) is 0 Å². The van der Waals surface area contributed by atoms with Crippen molar-refractivity contribution in [1.82, 2.24) is 0 Å². The van der Waals surface area contributed by atoms with Gasteiger partial charge in [-0.05, 0) is 25.5 Å². The van der Waals surface area contributed by atoms with Crippen molar-refractivity contribution < 1.29 is 28.4 Å². The Morgan fingerprint density at radius 1 is 1.33 bits per heavy atom. The molecule has 0 spiro atoms. The number of phosphoric acid groups is 1. The number of esters is 1. The van der Waals surface area contributed by atoms with Gasteiger partial charge in [-0.15, -0.1) is 0 Å². The van der Waals surface area contributed by atoms with Crippen LogP contribution in [0.15, 0.2) is 30.3 Å². The van der Waals surface area contributed by atoms with Crippen LogP contribution in [0.3, 0.4) is 0 Å². The smallest absolute Gasteiger partial charge is 0.461 e. The summed E-state index contributed by atoms with van der Waals surface area (Å²) in [6.45, 7) is 3.11. The van der Waals surface area contributed by atoms with Gasteiger partial charge in [0, 0.05) is 5.69 Å². The van der Waals surface area contributed by atoms with Crippen LogP contribution in [0.25, 0.3) is 0 Å². The molecule has 1 unspecified atom stereocenters. The molecule has 2 atom stereocenters. The largest absolute Gasteiger partial charge is 0.469 e. The molecule has 1 aromatic carbocycles. The highest BCUT2D eigenvalue weighted by molar-refractivity contribution is 7.46. The molecule has 0 heterocycles. The van der Waals surface area contributed by atoms with Crippen LogP contribution in [0, 0.1) is 0 Å². The van der Waals surface area contributed by atoms with Crippen molar-refractivity contribution in [1.29, 1.82) is 0 Å². The first-order valence-electron chi connectivity index (χ1n) is 6.54. The molecule has 3 N–H and O–H groups in total. The summed E-state index contributed by atoms with van der Waals surface area (Å²) in [5, 5.41) is 2.96. The maximum atomic E-state index is 11.8. The summed E-state index contributed by atoms with van der Waals surface area (Å²) in [4.78, 5) is 29.2. The number of carbonyl (C=O) groups is 1. The molecule has 0 saturated heterocycles. The van der Waals surface area contributed by atoms with E-state index in [1.165, 1.54) is 0 Å². The minimum absolute atomic E-state index is 0.207. The summed E-state index contributed by atoms with van der Waals surface area (Å²) in [7, 11) is -4.58. The average Bonchev–Trinajstić information content (AvgIpc) is 2.42. The second kappa shape index (κ2) is 8.14. The van der Waals surface area contributed by atoms with E-state index < -0.39 is 25.9 Å². The molecule has 0 saturated carbocycles. The van der Waals surface area contributed by atoms with E-state index in [4.69, 9.17) is 14.5 Å². The lowest BCUT2D eigenvalue weighted by atomic mass is 10.2. The predicted molar refractivity (Wildman–Crippen MR) is 77.7 cm³/mol. The fraction of sp³-hybridized carbons (Fsp3) is 0.462. The summed E-state index contributed by atoms with van der Waals surface area (Å²) in [5.41, 5.74) is 0.778. The van der Waals surface area contributed by atoms with Gasteiger partial charge in [0.25, 0.3) is 0 Å². The van der Waals surface area contributed by atoms with Crippen molar-refractivity contribution >= 4 is 19.5 Å². The molecule has 1 aromatic rings. The van der Waals surface area contributed by atoms with Crippen LogP contribution in [0.1, 0.15) is 20.3 Å². The summed E-state index contributed by atoms with van der Waals surface area (Å²) in [5.74, 6) is -0.522. The Labute approximate surface area is 123 Å². The number of rotatable bonds is 8. The fourth-order valence-corrected chi connectivity index (χ4v) is 2.16. The second-order valence-corrected chi connectivity index (χ2v) is 5.68. The zero-order valence-electron chi connectivity index (χ0n) is 11.9. The summed E-state index contributed by atoms with van der Waals surface area (Å²) >= 11 is 0. The van der Waals surface area contributed by atoms with E-state index in [2.05, 4.69) is 9.84 Å². The van der Waals surface area contributed by atoms with Crippen molar-refractivity contribution in [3.8, 4) is 0 Å². The number of nitrogens with one attached hydrogen (secondary N) is 1. The van der Waals surface area contributed by atoms with E-state index in [9.17, 15) is 9.36 Å². The molecular weight excluding hydrogens is 297 g/mol. The monoisotopic (exact) mass is 317 g/mol. The summed E-state index contributed by atoms with van der Waals surface area (Å²) < 4.78 is 20.2. The number of para-hydroxylation sites is 1. The molecule has 7 nitrogen and oxygen atoms in total. The predicted octanol–water partition coefficient (Wildman–Crippen LogP) is 1.92. The summed E-state index contributed by atoms with van der Waals surface area (Å²) in [6.07, 6.45) is -0.516. The maximum Gasteiger partial charge on any atom is 0.469 e. The average molecular weight is 317 g/mol. The first-order chi connectivity index (χ1) is 9.81. The molecule has 8 heteroatoms. The number of hydrogen-bond acceptors (Lipinski definition) is 5. The molecule has 0 amide bonds. The minimum Gasteiger partial charge on any atom is -0.461 e. The lowest BCUT2D eigenvalue weighted by Gasteiger charge is -2.19. The van der Waals surface area contributed by atoms with Gasteiger partial charge in [-0.25, -0.2) is 9.36 Å². The van der Waals surface area contributed by atoms with Gasteiger partial charge in [-0.2, -0.15) is 0 Å². The highest BCUT2D eigenvalue weighted by Gasteiger charge is 2.23. The van der Waals surface area contributed by atoms with Crippen molar-refractivity contribution in [2.24, 2.45) is 0 Å². The molecule has 1 rings (SSSR count). The molecule has 0 aliphatic heterocycles. The van der Waals surface area contributed by atoms with Gasteiger partial charge in [0.15, 0.2) is 0 Å². The number of ether oxygens (including phenoxy) is 1. The van der Waals surface area contributed by atoms with E-state index in [1.54, 1.807) is 13.8 Å².